The molecule has 1 aliphatic heterocycles. The van der Waals surface area contributed by atoms with Gasteiger partial charge < -0.3 is 10.6 Å². The lowest BCUT2D eigenvalue weighted by Gasteiger charge is -2.44. The number of carbonyl (C=O) groups is 1. The Morgan fingerprint density at radius 3 is 2.84 bits per heavy atom. The van der Waals surface area contributed by atoms with E-state index in [0.29, 0.717) is 11.0 Å². The van der Waals surface area contributed by atoms with E-state index in [0.717, 1.165) is 12.8 Å². The fraction of sp³-hybridized carbons (Fsp3) is 0.500. The summed E-state index contributed by atoms with van der Waals surface area (Å²) in [7, 11) is 0. The summed E-state index contributed by atoms with van der Waals surface area (Å²) in [6.07, 6.45) is 1.49. The molecule has 0 radical (unpaired) electrons. The van der Waals surface area contributed by atoms with E-state index in [1.54, 1.807) is 11.0 Å². The molecule has 1 aliphatic rings. The molecule has 0 aromatic heterocycles. The lowest BCUT2D eigenvalue weighted by atomic mass is 9.87. The van der Waals surface area contributed by atoms with Crippen LogP contribution in [0.4, 0.5) is 4.39 Å². The van der Waals surface area contributed by atoms with Crippen LogP contribution >= 0.6 is 15.9 Å². The highest BCUT2D eigenvalue weighted by molar-refractivity contribution is 9.10. The summed E-state index contributed by atoms with van der Waals surface area (Å²) in [5, 5.41) is 0. The molecule has 5 heteroatoms. The minimum Gasteiger partial charge on any atom is -0.333 e. The first-order valence-corrected chi connectivity index (χ1v) is 7.13. The Bertz CT molecular complexity index is 504. The smallest absolute Gasteiger partial charge is 0.257 e. The van der Waals surface area contributed by atoms with E-state index in [-0.39, 0.29) is 23.1 Å². The topological polar surface area (TPSA) is 46.3 Å². The van der Waals surface area contributed by atoms with Gasteiger partial charge in [0.2, 0.25) is 0 Å². The number of likely N-dealkylation sites (tertiary alicyclic amines) is 1. The molecule has 2 N–H and O–H groups in total. The first kappa shape index (κ1) is 14.5. The van der Waals surface area contributed by atoms with Gasteiger partial charge in [-0.05, 0) is 44.9 Å². The van der Waals surface area contributed by atoms with Crippen LogP contribution in [-0.2, 0) is 0 Å². The molecule has 19 heavy (non-hydrogen) atoms. The van der Waals surface area contributed by atoms with E-state index in [1.807, 2.05) is 13.8 Å². The SMILES string of the molecule is CC1(C)CC(N)CCN1C(=O)c1cc(Br)ccc1F. The van der Waals surface area contributed by atoms with Gasteiger partial charge in [-0.15, -0.1) is 0 Å². The number of amides is 1. The highest BCUT2D eigenvalue weighted by Crippen LogP contribution is 2.29. The van der Waals surface area contributed by atoms with Crippen molar-refractivity contribution in [1.29, 1.82) is 0 Å². The molecule has 2 rings (SSSR count). The quantitative estimate of drug-likeness (QED) is 0.861. The predicted molar refractivity (Wildman–Crippen MR) is 76.4 cm³/mol. The van der Waals surface area contributed by atoms with Crippen molar-refractivity contribution in [3.8, 4) is 0 Å². The maximum atomic E-state index is 13.8. The van der Waals surface area contributed by atoms with Gasteiger partial charge in [0.15, 0.2) is 0 Å². The fourth-order valence-electron chi connectivity index (χ4n) is 2.63. The van der Waals surface area contributed by atoms with E-state index in [2.05, 4.69) is 15.9 Å². The third-order valence-electron chi connectivity index (χ3n) is 3.62. The van der Waals surface area contributed by atoms with Gasteiger partial charge in [0.25, 0.3) is 5.91 Å². The second-order valence-electron chi connectivity index (χ2n) is 5.65. The Hall–Kier alpha value is -0.940. The van der Waals surface area contributed by atoms with Gasteiger partial charge in [0, 0.05) is 22.6 Å². The number of piperidine rings is 1. The number of carbonyl (C=O) groups excluding carboxylic acids is 1. The zero-order valence-electron chi connectivity index (χ0n) is 11.1. The summed E-state index contributed by atoms with van der Waals surface area (Å²) in [5.41, 5.74) is 5.71. The first-order chi connectivity index (χ1) is 8.81. The molecule has 0 aliphatic carbocycles. The van der Waals surface area contributed by atoms with Gasteiger partial charge in [-0.2, -0.15) is 0 Å². The van der Waals surface area contributed by atoms with Crippen molar-refractivity contribution >= 4 is 21.8 Å². The van der Waals surface area contributed by atoms with Crippen molar-refractivity contribution < 1.29 is 9.18 Å². The Kier molecular flexibility index (Phi) is 3.97. The van der Waals surface area contributed by atoms with E-state index in [1.165, 1.54) is 12.1 Å². The number of hydrogen-bond acceptors (Lipinski definition) is 2. The number of hydrogen-bond donors (Lipinski definition) is 1. The zero-order valence-corrected chi connectivity index (χ0v) is 12.7. The summed E-state index contributed by atoms with van der Waals surface area (Å²) >= 11 is 3.27. The van der Waals surface area contributed by atoms with Gasteiger partial charge in [-0.1, -0.05) is 15.9 Å². The molecular weight excluding hydrogens is 311 g/mol. The second kappa shape index (κ2) is 5.21. The van der Waals surface area contributed by atoms with Crippen LogP contribution in [0.1, 0.15) is 37.0 Å². The third-order valence-corrected chi connectivity index (χ3v) is 4.11. The minimum absolute atomic E-state index is 0.103. The van der Waals surface area contributed by atoms with Gasteiger partial charge in [-0.25, -0.2) is 4.39 Å². The van der Waals surface area contributed by atoms with Gasteiger partial charge in [0.1, 0.15) is 5.82 Å². The van der Waals surface area contributed by atoms with Crippen molar-refractivity contribution in [3.63, 3.8) is 0 Å². The van der Waals surface area contributed by atoms with Crippen molar-refractivity contribution in [1.82, 2.24) is 4.90 Å². The summed E-state index contributed by atoms with van der Waals surface area (Å²) in [6, 6.07) is 4.53. The molecule has 1 unspecified atom stereocenters. The highest BCUT2D eigenvalue weighted by Gasteiger charge is 2.37. The number of rotatable bonds is 1. The standard InChI is InChI=1S/C14H18BrFN2O/c1-14(2)8-10(17)5-6-18(14)13(19)11-7-9(15)3-4-12(11)16/h3-4,7,10H,5-6,8,17H2,1-2H3. The molecule has 1 aromatic carbocycles. The Labute approximate surface area is 121 Å². The van der Waals surface area contributed by atoms with Crippen LogP contribution < -0.4 is 5.73 Å². The maximum absolute atomic E-state index is 13.8. The number of halogens is 2. The van der Waals surface area contributed by atoms with Crippen molar-refractivity contribution in [2.45, 2.75) is 38.3 Å². The summed E-state index contributed by atoms with van der Waals surface area (Å²) in [6.45, 7) is 4.51. The molecule has 1 heterocycles. The zero-order chi connectivity index (χ0) is 14.2. The van der Waals surface area contributed by atoms with E-state index in [4.69, 9.17) is 5.73 Å². The van der Waals surface area contributed by atoms with Crippen LogP contribution in [0.5, 0.6) is 0 Å². The molecule has 1 amide bonds. The molecule has 3 nitrogen and oxygen atoms in total. The molecule has 1 aromatic rings. The van der Waals surface area contributed by atoms with Gasteiger partial charge >= 0.3 is 0 Å². The Morgan fingerprint density at radius 1 is 1.53 bits per heavy atom. The largest absolute Gasteiger partial charge is 0.333 e. The lowest BCUT2D eigenvalue weighted by Crippen LogP contribution is -2.55. The Balaban J connectivity index is 2.31. The normalized spacial score (nSPS) is 22.4. The molecule has 104 valence electrons. The number of nitrogens with two attached hydrogens (primary N) is 1. The molecular formula is C14H18BrFN2O. The third kappa shape index (κ3) is 2.98. The van der Waals surface area contributed by atoms with E-state index >= 15 is 0 Å². The molecule has 0 bridgehead atoms. The van der Waals surface area contributed by atoms with Gasteiger partial charge in [0.05, 0.1) is 5.56 Å². The van der Waals surface area contributed by atoms with Crippen LogP contribution in [-0.4, -0.2) is 28.9 Å². The van der Waals surface area contributed by atoms with Crippen LogP contribution in [0.3, 0.4) is 0 Å². The van der Waals surface area contributed by atoms with E-state index < -0.39 is 5.82 Å². The molecule has 0 spiro atoms. The molecule has 1 atom stereocenters. The molecule has 1 saturated heterocycles. The summed E-state index contributed by atoms with van der Waals surface area (Å²) < 4.78 is 14.5. The van der Waals surface area contributed by atoms with E-state index in [9.17, 15) is 9.18 Å². The average molecular weight is 329 g/mol. The number of nitrogens with zero attached hydrogens (tertiary/aromatic N) is 1. The van der Waals surface area contributed by atoms with Gasteiger partial charge in [-0.3, -0.25) is 4.79 Å². The molecule has 0 saturated carbocycles. The van der Waals surface area contributed by atoms with Crippen LogP contribution in [0, 0.1) is 5.82 Å². The summed E-state index contributed by atoms with van der Waals surface area (Å²) in [5.74, 6) is -0.755. The number of benzene rings is 1. The highest BCUT2D eigenvalue weighted by atomic mass is 79.9. The fourth-order valence-corrected chi connectivity index (χ4v) is 3.00. The van der Waals surface area contributed by atoms with Crippen molar-refractivity contribution in [2.24, 2.45) is 5.73 Å². The van der Waals surface area contributed by atoms with Crippen LogP contribution in [0.2, 0.25) is 0 Å². The van der Waals surface area contributed by atoms with Crippen molar-refractivity contribution in [2.75, 3.05) is 6.54 Å². The minimum atomic E-state index is -0.487. The molecule has 1 fully saturated rings. The van der Waals surface area contributed by atoms with Crippen LogP contribution in [0.15, 0.2) is 22.7 Å². The Morgan fingerprint density at radius 2 is 2.21 bits per heavy atom. The van der Waals surface area contributed by atoms with Crippen molar-refractivity contribution in [3.05, 3.63) is 34.1 Å². The van der Waals surface area contributed by atoms with Crippen LogP contribution in [0.25, 0.3) is 0 Å². The lowest BCUT2D eigenvalue weighted by molar-refractivity contribution is 0.0396. The summed E-state index contributed by atoms with van der Waals surface area (Å²) in [4.78, 5) is 14.2. The second-order valence-corrected chi connectivity index (χ2v) is 6.56. The average Bonchev–Trinajstić information content (AvgIpc) is 2.30. The monoisotopic (exact) mass is 328 g/mol. The maximum Gasteiger partial charge on any atom is 0.257 e. The predicted octanol–water partition coefficient (Wildman–Crippen LogP) is 2.93. The first-order valence-electron chi connectivity index (χ1n) is 6.34.